The summed E-state index contributed by atoms with van der Waals surface area (Å²) in [6.07, 6.45) is 3.41. The fourth-order valence-electron chi connectivity index (χ4n) is 1.35. The molecule has 78 valence electrons. The molecule has 0 atom stereocenters. The molecule has 0 radical (unpaired) electrons. The molecule has 1 aliphatic rings. The third-order valence-electron chi connectivity index (χ3n) is 1.95. The topological polar surface area (TPSA) is 94.8 Å². The molecule has 0 bridgehead atoms. The van der Waals surface area contributed by atoms with Crippen LogP contribution in [-0.2, 0) is 4.79 Å². The molecule has 0 heterocycles. The Morgan fingerprint density at radius 2 is 1.29 bits per heavy atom. The maximum absolute atomic E-state index is 10.4. The van der Waals surface area contributed by atoms with Gasteiger partial charge in [-0.2, -0.15) is 0 Å². The maximum atomic E-state index is 10.4. The van der Waals surface area contributed by atoms with E-state index in [0.717, 1.165) is 25.7 Å². The number of rotatable bonds is 1. The van der Waals surface area contributed by atoms with Crippen molar-refractivity contribution in [3.8, 4) is 0 Å². The Kier molecular flexibility index (Phi) is 11.9. The normalized spacial score (nSPS) is 15.7. The molecule has 1 aliphatic carbocycles. The average Bonchev–Trinajstić information content (AvgIpc) is 2.05. The first-order valence-electron chi connectivity index (χ1n) is 4.18. The predicted molar refractivity (Wildman–Crippen MR) is 52.0 cm³/mol. The molecule has 0 aromatic rings. The Morgan fingerprint density at radius 1 is 0.929 bits per heavy atom. The van der Waals surface area contributed by atoms with Crippen molar-refractivity contribution in [3.63, 3.8) is 0 Å². The number of carboxylic acids is 1. The number of carbonyl (C=O) groups is 2. The van der Waals surface area contributed by atoms with Crippen molar-refractivity contribution in [2.75, 3.05) is 0 Å². The molecule has 3 N–H and O–H groups in total. The summed E-state index contributed by atoms with van der Waals surface area (Å²) in [5.74, 6) is -0.631. The van der Waals surface area contributed by atoms with E-state index in [2.05, 4.69) is 0 Å². The van der Waals surface area contributed by atoms with Crippen LogP contribution in [0.4, 0.5) is 4.79 Å². The van der Waals surface area contributed by atoms with E-state index in [-0.39, 0.29) is 57.3 Å². The van der Waals surface area contributed by atoms with Crippen molar-refractivity contribution in [2.45, 2.75) is 32.1 Å². The first kappa shape index (κ1) is 16.8. The van der Waals surface area contributed by atoms with Crippen LogP contribution in [0.25, 0.3) is 0 Å². The Morgan fingerprint density at radius 3 is 1.50 bits per heavy atom. The van der Waals surface area contributed by atoms with Gasteiger partial charge in [0.1, 0.15) is 0 Å². The van der Waals surface area contributed by atoms with Gasteiger partial charge in [0.15, 0.2) is 0 Å². The van der Waals surface area contributed by atoms with E-state index in [9.17, 15) is 4.79 Å². The molecule has 1 saturated carbocycles. The van der Waals surface area contributed by atoms with Gasteiger partial charge >= 0.3 is 63.5 Å². The molecule has 0 aromatic carbocycles. The summed E-state index contributed by atoms with van der Waals surface area (Å²) in [5.41, 5.74) is 0. The van der Waals surface area contributed by atoms with E-state index in [0.29, 0.717) is 0 Å². The van der Waals surface area contributed by atoms with E-state index >= 15 is 0 Å². The van der Waals surface area contributed by atoms with E-state index < -0.39 is 12.1 Å². The van der Waals surface area contributed by atoms with Crippen molar-refractivity contribution in [3.05, 3.63) is 0 Å². The molecule has 5 nitrogen and oxygen atoms in total. The Labute approximate surface area is 125 Å². The molecule has 0 aliphatic heterocycles. The van der Waals surface area contributed by atoms with Crippen molar-refractivity contribution in [1.82, 2.24) is 0 Å². The molecule has 0 unspecified atom stereocenters. The molecule has 0 spiro atoms. The first-order valence-corrected chi connectivity index (χ1v) is 4.18. The van der Waals surface area contributed by atoms with Crippen LogP contribution in [0, 0.1) is 5.92 Å². The number of aliphatic carboxylic acids is 1. The second kappa shape index (κ2) is 9.91. The van der Waals surface area contributed by atoms with E-state index in [4.69, 9.17) is 20.1 Å². The number of hydrogen-bond acceptors (Lipinski definition) is 2. The van der Waals surface area contributed by atoms with Crippen LogP contribution >= 0.6 is 0 Å². The third kappa shape index (κ3) is 10.5. The minimum atomic E-state index is -1.83. The van der Waals surface area contributed by atoms with Crippen LogP contribution in [0.5, 0.6) is 0 Å². The molecule has 1 rings (SSSR count). The molecule has 14 heavy (non-hydrogen) atoms. The number of carboxylic acid groups (broad SMARTS) is 3. The van der Waals surface area contributed by atoms with Gasteiger partial charge in [-0.1, -0.05) is 19.3 Å². The summed E-state index contributed by atoms with van der Waals surface area (Å²) in [6.45, 7) is 0. The van der Waals surface area contributed by atoms with Gasteiger partial charge in [-0.3, -0.25) is 4.79 Å². The quantitative estimate of drug-likeness (QED) is 0.589. The van der Waals surface area contributed by atoms with Gasteiger partial charge in [0.25, 0.3) is 0 Å². The average molecular weight is 230 g/mol. The van der Waals surface area contributed by atoms with Gasteiger partial charge in [-0.05, 0) is 12.8 Å². The summed E-state index contributed by atoms with van der Waals surface area (Å²) in [5, 5.41) is 22.5. The van der Waals surface area contributed by atoms with Gasteiger partial charge in [-0.25, -0.2) is 4.79 Å². The Balaban J connectivity index is 0. The van der Waals surface area contributed by atoms with Crippen molar-refractivity contribution >= 4 is 63.5 Å². The second-order valence-electron chi connectivity index (χ2n) is 2.96. The predicted octanol–water partition coefficient (Wildman–Crippen LogP) is 1.23. The standard InChI is InChI=1S/C7H12O2.CH2O3.K.H/c8-7(9)6-4-2-1-3-5-6;2-1(3)4;;/h6H,1-5H2,(H,8,9);(H2,2,3,4);;. The SMILES string of the molecule is O=C(O)C1CCCCC1.O=C(O)O.[KH]. The van der Waals surface area contributed by atoms with Crippen LogP contribution in [0.3, 0.4) is 0 Å². The van der Waals surface area contributed by atoms with Crippen LogP contribution in [0.2, 0.25) is 0 Å². The van der Waals surface area contributed by atoms with Gasteiger partial charge in [0.2, 0.25) is 0 Å². The van der Waals surface area contributed by atoms with Gasteiger partial charge in [0, 0.05) is 0 Å². The van der Waals surface area contributed by atoms with Crippen LogP contribution in [0.1, 0.15) is 32.1 Å². The summed E-state index contributed by atoms with van der Waals surface area (Å²) in [4.78, 5) is 18.9. The van der Waals surface area contributed by atoms with Crippen LogP contribution in [0.15, 0.2) is 0 Å². The van der Waals surface area contributed by atoms with Crippen molar-refractivity contribution in [2.24, 2.45) is 5.92 Å². The summed E-state index contributed by atoms with van der Waals surface area (Å²) >= 11 is 0. The number of hydrogen-bond donors (Lipinski definition) is 3. The molecular weight excluding hydrogens is 215 g/mol. The van der Waals surface area contributed by atoms with Crippen molar-refractivity contribution in [1.29, 1.82) is 0 Å². The Bertz CT molecular complexity index is 173. The molecule has 6 heteroatoms. The summed E-state index contributed by atoms with van der Waals surface area (Å²) < 4.78 is 0. The van der Waals surface area contributed by atoms with Crippen LogP contribution in [-0.4, -0.2) is 78.8 Å². The van der Waals surface area contributed by atoms with Gasteiger partial charge < -0.3 is 15.3 Å². The first-order chi connectivity index (χ1) is 6.04. The molecular formula is C8H15KO5. The fraction of sp³-hybridized carbons (Fsp3) is 0.750. The molecule has 0 amide bonds. The van der Waals surface area contributed by atoms with E-state index in [1.165, 1.54) is 6.42 Å². The molecule has 1 fully saturated rings. The molecule has 0 aromatic heterocycles. The zero-order chi connectivity index (χ0) is 10.3. The second-order valence-corrected chi connectivity index (χ2v) is 2.96. The van der Waals surface area contributed by atoms with E-state index in [1.54, 1.807) is 0 Å². The minimum absolute atomic E-state index is 0. The monoisotopic (exact) mass is 230 g/mol. The van der Waals surface area contributed by atoms with E-state index in [1.807, 2.05) is 0 Å². The summed E-state index contributed by atoms with van der Waals surface area (Å²) in [6, 6.07) is 0. The zero-order valence-corrected chi connectivity index (χ0v) is 7.27. The Hall–Kier alpha value is 0.376. The third-order valence-corrected chi connectivity index (χ3v) is 1.95. The van der Waals surface area contributed by atoms with Gasteiger partial charge in [0.05, 0.1) is 5.92 Å². The van der Waals surface area contributed by atoms with Crippen LogP contribution < -0.4 is 0 Å². The van der Waals surface area contributed by atoms with Gasteiger partial charge in [-0.15, -0.1) is 0 Å². The fourth-order valence-corrected chi connectivity index (χ4v) is 1.35. The molecule has 0 saturated heterocycles. The van der Waals surface area contributed by atoms with Crippen molar-refractivity contribution < 1.29 is 24.9 Å². The summed E-state index contributed by atoms with van der Waals surface area (Å²) in [7, 11) is 0. The zero-order valence-electron chi connectivity index (χ0n) is 7.27.